The summed E-state index contributed by atoms with van der Waals surface area (Å²) >= 11 is 11.9. The molecular weight excluding hydrogens is 391 g/mol. The number of benzene rings is 1. The zero-order valence-electron chi connectivity index (χ0n) is 15.3. The minimum atomic E-state index is -0.441. The standard InChI is InChI=1S/C18H20Cl2N4O3/c1-12(24(3)11-25)17(20)18(26)23(2)10-16-21-15(22-27-16)9-6-13-4-7-14(19)8-5-13/h4-5,7-8,11H,6,9-10H2,1-3H3/b17-12+. The molecule has 0 atom stereocenters. The highest BCUT2D eigenvalue weighted by molar-refractivity contribution is 6.42. The predicted octanol–water partition coefficient (Wildman–Crippen LogP) is 3.03. The van der Waals surface area contributed by atoms with E-state index in [4.69, 9.17) is 27.7 Å². The van der Waals surface area contributed by atoms with Gasteiger partial charge in [0.05, 0.1) is 0 Å². The molecule has 27 heavy (non-hydrogen) atoms. The SMILES string of the molecule is C/C(=C(\Cl)C(=O)N(C)Cc1nc(CCc2ccc(Cl)cc2)no1)N(C)C=O. The van der Waals surface area contributed by atoms with Crippen molar-refractivity contribution in [2.75, 3.05) is 14.1 Å². The molecule has 2 rings (SSSR count). The maximum absolute atomic E-state index is 12.3. The summed E-state index contributed by atoms with van der Waals surface area (Å²) in [5.74, 6) is 0.422. The van der Waals surface area contributed by atoms with Gasteiger partial charge in [0.2, 0.25) is 12.3 Å². The maximum Gasteiger partial charge on any atom is 0.267 e. The first-order valence-electron chi connectivity index (χ1n) is 8.17. The van der Waals surface area contributed by atoms with Crippen LogP contribution in [-0.2, 0) is 29.0 Å². The molecule has 9 heteroatoms. The minimum absolute atomic E-state index is 0.0467. The summed E-state index contributed by atoms with van der Waals surface area (Å²) < 4.78 is 5.20. The van der Waals surface area contributed by atoms with Crippen LogP contribution in [0.5, 0.6) is 0 Å². The smallest absolute Gasteiger partial charge is 0.267 e. The molecule has 0 bridgehead atoms. The van der Waals surface area contributed by atoms with Crippen LogP contribution >= 0.6 is 23.2 Å². The number of halogens is 2. The number of nitrogens with zero attached hydrogens (tertiary/aromatic N) is 4. The molecule has 0 saturated carbocycles. The molecule has 0 aliphatic carbocycles. The third-order valence-corrected chi connectivity index (χ3v) is 4.66. The lowest BCUT2D eigenvalue weighted by molar-refractivity contribution is -0.126. The molecule has 0 N–H and O–H groups in total. The van der Waals surface area contributed by atoms with E-state index in [1.54, 1.807) is 14.0 Å². The van der Waals surface area contributed by atoms with Gasteiger partial charge in [0.25, 0.3) is 5.91 Å². The van der Waals surface area contributed by atoms with Crippen LogP contribution in [-0.4, -0.2) is 46.4 Å². The summed E-state index contributed by atoms with van der Waals surface area (Å²) in [6, 6.07) is 7.56. The zero-order chi connectivity index (χ0) is 20.0. The van der Waals surface area contributed by atoms with Crippen molar-refractivity contribution < 1.29 is 14.1 Å². The Kier molecular flexibility index (Phi) is 7.38. The fraction of sp³-hybridized carbons (Fsp3) is 0.333. The van der Waals surface area contributed by atoms with Crippen molar-refractivity contribution in [1.29, 1.82) is 0 Å². The molecule has 7 nitrogen and oxygen atoms in total. The van der Waals surface area contributed by atoms with Crippen molar-refractivity contribution in [3.63, 3.8) is 0 Å². The first-order chi connectivity index (χ1) is 12.8. The Morgan fingerprint density at radius 1 is 1.22 bits per heavy atom. The topological polar surface area (TPSA) is 79.5 Å². The molecule has 0 unspecified atom stereocenters. The van der Waals surface area contributed by atoms with E-state index in [9.17, 15) is 9.59 Å². The van der Waals surface area contributed by atoms with Gasteiger partial charge in [-0.15, -0.1) is 0 Å². The minimum Gasteiger partial charge on any atom is -0.337 e. The molecule has 2 amide bonds. The molecule has 1 aromatic carbocycles. The van der Waals surface area contributed by atoms with E-state index < -0.39 is 5.91 Å². The predicted molar refractivity (Wildman–Crippen MR) is 102 cm³/mol. The first kappa shape index (κ1) is 20.9. The molecule has 0 aliphatic rings. The Balaban J connectivity index is 1.95. The van der Waals surface area contributed by atoms with Gasteiger partial charge in [0, 0.05) is 31.2 Å². The second-order valence-electron chi connectivity index (χ2n) is 6.01. The van der Waals surface area contributed by atoms with Gasteiger partial charge in [-0.1, -0.05) is 40.5 Å². The van der Waals surface area contributed by atoms with Crippen molar-refractivity contribution in [1.82, 2.24) is 19.9 Å². The normalized spacial score (nSPS) is 11.7. The van der Waals surface area contributed by atoms with Gasteiger partial charge in [-0.25, -0.2) is 0 Å². The van der Waals surface area contributed by atoms with Crippen molar-refractivity contribution in [2.45, 2.75) is 26.3 Å². The summed E-state index contributed by atoms with van der Waals surface area (Å²) in [5.41, 5.74) is 1.47. The van der Waals surface area contributed by atoms with Crippen LogP contribution < -0.4 is 0 Å². The highest BCUT2D eigenvalue weighted by atomic mass is 35.5. The average Bonchev–Trinajstić information content (AvgIpc) is 3.12. The van der Waals surface area contributed by atoms with Crippen LogP contribution in [0.15, 0.2) is 39.5 Å². The Labute approximate surface area is 167 Å². The number of likely N-dealkylation sites (N-methyl/N-ethyl adjacent to an activating group) is 1. The summed E-state index contributed by atoms with van der Waals surface area (Å²) in [5, 5.41) is 4.58. The molecule has 2 aromatic rings. The Hall–Kier alpha value is -2.38. The van der Waals surface area contributed by atoms with Gasteiger partial charge in [0.15, 0.2) is 5.82 Å². The maximum atomic E-state index is 12.3. The quantitative estimate of drug-likeness (QED) is 0.493. The monoisotopic (exact) mass is 410 g/mol. The lowest BCUT2D eigenvalue weighted by Gasteiger charge is -2.18. The molecule has 144 valence electrons. The van der Waals surface area contributed by atoms with Crippen molar-refractivity contribution in [3.05, 3.63) is 57.3 Å². The lowest BCUT2D eigenvalue weighted by atomic mass is 10.1. The number of hydrogen-bond donors (Lipinski definition) is 0. The largest absolute Gasteiger partial charge is 0.337 e. The molecular formula is C18H20Cl2N4O3. The van der Waals surface area contributed by atoms with Crippen LogP contribution in [0.3, 0.4) is 0 Å². The van der Waals surface area contributed by atoms with Crippen molar-refractivity contribution >= 4 is 35.5 Å². The van der Waals surface area contributed by atoms with Crippen molar-refractivity contribution in [2.24, 2.45) is 0 Å². The van der Waals surface area contributed by atoms with E-state index in [2.05, 4.69) is 10.1 Å². The number of aryl methyl sites for hydroxylation is 2. The Morgan fingerprint density at radius 3 is 2.52 bits per heavy atom. The summed E-state index contributed by atoms with van der Waals surface area (Å²) in [6.07, 6.45) is 1.93. The number of rotatable bonds is 8. The van der Waals surface area contributed by atoms with Crippen LogP contribution in [0.1, 0.15) is 24.2 Å². The van der Waals surface area contributed by atoms with E-state index in [1.807, 2.05) is 24.3 Å². The van der Waals surface area contributed by atoms with E-state index in [0.29, 0.717) is 35.3 Å². The number of amides is 2. The number of carbonyl (C=O) groups excluding carboxylic acids is 2. The van der Waals surface area contributed by atoms with Crippen LogP contribution in [0.2, 0.25) is 5.02 Å². The van der Waals surface area contributed by atoms with Crippen LogP contribution in [0.25, 0.3) is 0 Å². The molecule has 0 saturated heterocycles. The highest BCUT2D eigenvalue weighted by Gasteiger charge is 2.19. The Morgan fingerprint density at radius 2 is 1.89 bits per heavy atom. The highest BCUT2D eigenvalue weighted by Crippen LogP contribution is 2.16. The summed E-state index contributed by atoms with van der Waals surface area (Å²) in [6.45, 7) is 1.70. The lowest BCUT2D eigenvalue weighted by Crippen LogP contribution is -2.28. The number of hydrogen-bond acceptors (Lipinski definition) is 5. The van der Waals surface area contributed by atoms with E-state index in [-0.39, 0.29) is 11.6 Å². The molecule has 0 fully saturated rings. The van der Waals surface area contributed by atoms with Crippen molar-refractivity contribution in [3.8, 4) is 0 Å². The number of aromatic nitrogens is 2. The van der Waals surface area contributed by atoms with E-state index >= 15 is 0 Å². The Bertz CT molecular complexity index is 833. The molecule has 1 aromatic heterocycles. The average molecular weight is 411 g/mol. The fourth-order valence-corrected chi connectivity index (χ4v) is 2.60. The van der Waals surface area contributed by atoms with E-state index in [0.717, 1.165) is 12.0 Å². The third-order valence-electron chi connectivity index (χ3n) is 3.97. The third kappa shape index (κ3) is 5.80. The van der Waals surface area contributed by atoms with E-state index in [1.165, 1.54) is 16.8 Å². The first-order valence-corrected chi connectivity index (χ1v) is 8.93. The molecule has 0 aliphatic heterocycles. The van der Waals surface area contributed by atoms with Gasteiger partial charge in [-0.3, -0.25) is 9.59 Å². The van der Waals surface area contributed by atoms with Gasteiger partial charge >= 0.3 is 0 Å². The van der Waals surface area contributed by atoms with Crippen LogP contribution in [0, 0.1) is 0 Å². The summed E-state index contributed by atoms with van der Waals surface area (Å²) in [4.78, 5) is 30.0. The number of carbonyl (C=O) groups is 2. The molecule has 0 spiro atoms. The molecule has 1 heterocycles. The summed E-state index contributed by atoms with van der Waals surface area (Å²) in [7, 11) is 3.08. The van der Waals surface area contributed by atoms with Gasteiger partial charge in [-0.05, 0) is 31.0 Å². The van der Waals surface area contributed by atoms with Crippen LogP contribution in [0.4, 0.5) is 0 Å². The van der Waals surface area contributed by atoms with Gasteiger partial charge < -0.3 is 14.3 Å². The second-order valence-corrected chi connectivity index (χ2v) is 6.82. The number of allylic oxidation sites excluding steroid dienone is 1. The second kappa shape index (κ2) is 9.53. The van der Waals surface area contributed by atoms with Gasteiger partial charge in [-0.2, -0.15) is 4.98 Å². The zero-order valence-corrected chi connectivity index (χ0v) is 16.8. The fourth-order valence-electron chi connectivity index (χ4n) is 2.19. The van der Waals surface area contributed by atoms with Gasteiger partial charge in [0.1, 0.15) is 11.6 Å². The molecule has 0 radical (unpaired) electrons.